The molecule has 7 aromatic rings. The Morgan fingerprint density at radius 1 is 0.463 bits per heavy atom. The third kappa shape index (κ3) is 3.18. The van der Waals surface area contributed by atoms with Gasteiger partial charge in [-0.25, -0.2) is 0 Å². The van der Waals surface area contributed by atoms with Gasteiger partial charge in [0.1, 0.15) is 0 Å². The zero-order chi connectivity index (χ0) is 27.1. The minimum absolute atomic E-state index is 0.244. The van der Waals surface area contributed by atoms with Gasteiger partial charge in [-0.3, -0.25) is 0 Å². The predicted octanol–water partition coefficient (Wildman–Crippen LogP) is 11.1. The molecule has 7 aromatic carbocycles. The Morgan fingerprint density at radius 2 is 1.12 bits per heavy atom. The van der Waals surface area contributed by atoms with Crippen molar-refractivity contribution in [2.75, 3.05) is 0 Å². The average molecular weight is 539 g/mol. The summed E-state index contributed by atoms with van der Waals surface area (Å²) in [7, 11) is 0. The van der Waals surface area contributed by atoms with Gasteiger partial charge in [0, 0.05) is 20.6 Å². The first-order valence-corrected chi connectivity index (χ1v) is 15.1. The van der Waals surface area contributed by atoms with E-state index >= 15 is 0 Å². The van der Waals surface area contributed by atoms with Crippen LogP contribution in [0.1, 0.15) is 23.6 Å². The highest BCUT2D eigenvalue weighted by Crippen LogP contribution is 2.56. The summed E-state index contributed by atoms with van der Waals surface area (Å²) in [5.74, 6) is 0. The van der Waals surface area contributed by atoms with Crippen LogP contribution in [0, 0.1) is 0 Å². The first kappa shape index (κ1) is 23.1. The number of fused-ring (bicyclic) bond motifs is 6. The third-order valence-electron chi connectivity index (χ3n) is 9.32. The Kier molecular flexibility index (Phi) is 4.77. The second-order valence-corrected chi connectivity index (χ2v) is 12.5. The number of benzene rings is 7. The molecule has 0 saturated carbocycles. The Labute approximate surface area is 244 Å². The van der Waals surface area contributed by atoms with Crippen molar-refractivity contribution in [1.29, 1.82) is 0 Å². The van der Waals surface area contributed by atoms with E-state index in [0.717, 1.165) is 0 Å². The fraction of sp³-hybridized carbons (Fsp3) is 0.0500. The lowest BCUT2D eigenvalue weighted by molar-refractivity contribution is 0.715. The van der Waals surface area contributed by atoms with Crippen molar-refractivity contribution in [3.63, 3.8) is 0 Å². The quantitative estimate of drug-likeness (QED) is 0.211. The molecule has 0 fully saturated rings. The van der Waals surface area contributed by atoms with Crippen molar-refractivity contribution >= 4 is 33.3 Å². The third-order valence-corrected chi connectivity index (χ3v) is 10.5. The summed E-state index contributed by atoms with van der Waals surface area (Å²) in [5, 5.41) is 5.27. The van der Waals surface area contributed by atoms with Crippen LogP contribution in [0.25, 0.3) is 54.9 Å². The van der Waals surface area contributed by atoms with Crippen LogP contribution in [0.2, 0.25) is 0 Å². The summed E-state index contributed by atoms with van der Waals surface area (Å²) in [6.07, 6.45) is 0. The van der Waals surface area contributed by atoms with Crippen LogP contribution in [-0.2, 0) is 5.41 Å². The summed E-state index contributed by atoms with van der Waals surface area (Å²) in [6.45, 7) is 2.41. The number of hydrogen-bond donors (Lipinski definition) is 0. The second kappa shape index (κ2) is 8.46. The van der Waals surface area contributed by atoms with Gasteiger partial charge in [-0.2, -0.15) is 0 Å². The van der Waals surface area contributed by atoms with Gasteiger partial charge in [0.25, 0.3) is 0 Å². The lowest BCUT2D eigenvalue weighted by atomic mass is 9.73. The van der Waals surface area contributed by atoms with E-state index in [9.17, 15) is 0 Å². The van der Waals surface area contributed by atoms with Crippen LogP contribution in [0.3, 0.4) is 0 Å². The maximum atomic E-state index is 2.48. The maximum Gasteiger partial charge on any atom is 0.0435 e. The van der Waals surface area contributed by atoms with Crippen molar-refractivity contribution < 1.29 is 0 Å². The molecule has 0 radical (unpaired) electrons. The highest BCUT2D eigenvalue weighted by Gasteiger charge is 2.41. The lowest BCUT2D eigenvalue weighted by Gasteiger charge is -2.29. The van der Waals surface area contributed by atoms with E-state index in [-0.39, 0.29) is 5.41 Å². The second-order valence-electron chi connectivity index (χ2n) is 11.4. The van der Waals surface area contributed by atoms with Gasteiger partial charge in [0.2, 0.25) is 0 Å². The standard InChI is InChI=1S/C40H26S/c1-40(29-14-3-2-4-15-29)35-24-28(20-21-31(35)34-22-26-10-5-6-11-27(26)23-36(34)40)30-16-9-18-33-32-17-7-12-25-13-8-19-37(38(25)32)41-39(30)33/h2-24H,1H3. The molecule has 0 bridgehead atoms. The Balaban J connectivity index is 1.29. The molecule has 0 amide bonds. The van der Waals surface area contributed by atoms with Gasteiger partial charge in [-0.15, -0.1) is 0 Å². The van der Waals surface area contributed by atoms with Crippen LogP contribution in [-0.4, -0.2) is 0 Å². The van der Waals surface area contributed by atoms with Crippen LogP contribution in [0.4, 0.5) is 0 Å². The Morgan fingerprint density at radius 3 is 1.98 bits per heavy atom. The van der Waals surface area contributed by atoms with Gasteiger partial charge in [-0.1, -0.05) is 127 Å². The van der Waals surface area contributed by atoms with Gasteiger partial charge < -0.3 is 0 Å². The summed E-state index contributed by atoms with van der Waals surface area (Å²) in [4.78, 5) is 2.69. The molecule has 0 spiro atoms. The van der Waals surface area contributed by atoms with Crippen molar-refractivity contribution in [2.45, 2.75) is 22.1 Å². The molecule has 192 valence electrons. The molecule has 1 heteroatoms. The Bertz CT molecular complexity index is 2180. The van der Waals surface area contributed by atoms with Gasteiger partial charge in [0.05, 0.1) is 0 Å². The van der Waals surface area contributed by atoms with Crippen molar-refractivity contribution in [1.82, 2.24) is 0 Å². The summed E-state index contributed by atoms with van der Waals surface area (Å²) in [5.41, 5.74) is 11.8. The van der Waals surface area contributed by atoms with Gasteiger partial charge >= 0.3 is 0 Å². The zero-order valence-corrected chi connectivity index (χ0v) is 23.5. The van der Waals surface area contributed by atoms with E-state index in [4.69, 9.17) is 0 Å². The molecule has 1 aliphatic carbocycles. The maximum absolute atomic E-state index is 2.48. The molecular weight excluding hydrogens is 513 g/mol. The molecule has 1 heterocycles. The van der Waals surface area contributed by atoms with E-state index in [1.165, 1.54) is 81.4 Å². The predicted molar refractivity (Wildman–Crippen MR) is 174 cm³/mol. The lowest BCUT2D eigenvalue weighted by Crippen LogP contribution is -2.22. The number of hydrogen-bond acceptors (Lipinski definition) is 1. The molecule has 0 saturated heterocycles. The van der Waals surface area contributed by atoms with Gasteiger partial charge in [0.15, 0.2) is 0 Å². The zero-order valence-electron chi connectivity index (χ0n) is 22.7. The smallest absolute Gasteiger partial charge is 0.0435 e. The minimum Gasteiger partial charge on any atom is -0.0881 e. The molecule has 2 aliphatic rings. The van der Waals surface area contributed by atoms with E-state index in [0.29, 0.717) is 0 Å². The normalized spacial score (nSPS) is 16.4. The largest absolute Gasteiger partial charge is 0.0881 e. The molecule has 0 N–H and O–H groups in total. The number of rotatable bonds is 2. The fourth-order valence-corrected chi connectivity index (χ4v) is 8.56. The van der Waals surface area contributed by atoms with E-state index in [2.05, 4.69) is 146 Å². The van der Waals surface area contributed by atoms with Gasteiger partial charge in [-0.05, 0) is 97.4 Å². The molecule has 9 rings (SSSR count). The minimum atomic E-state index is -0.244. The summed E-state index contributed by atoms with van der Waals surface area (Å²) < 4.78 is 0. The molecule has 0 nitrogen and oxygen atoms in total. The topological polar surface area (TPSA) is 0 Å². The molecular formula is C40H26S. The van der Waals surface area contributed by atoms with E-state index < -0.39 is 0 Å². The summed E-state index contributed by atoms with van der Waals surface area (Å²) >= 11 is 1.91. The SMILES string of the molecule is CC1(c2ccccc2)c2cc(-c3cccc4c3Sc3cccc5cccc-4c35)ccc2-c2cc3ccccc3cc21. The first-order valence-electron chi connectivity index (χ1n) is 14.3. The molecule has 1 atom stereocenters. The average Bonchev–Trinajstić information content (AvgIpc) is 3.28. The van der Waals surface area contributed by atoms with Crippen molar-refractivity contribution in [3.8, 4) is 33.4 Å². The summed E-state index contributed by atoms with van der Waals surface area (Å²) in [6, 6.07) is 52.0. The molecule has 1 unspecified atom stereocenters. The van der Waals surface area contributed by atoms with Crippen LogP contribution >= 0.6 is 11.8 Å². The Hall–Kier alpha value is -4.59. The molecule has 0 aromatic heterocycles. The highest BCUT2D eigenvalue weighted by molar-refractivity contribution is 8.00. The molecule has 1 aliphatic heterocycles. The molecule has 41 heavy (non-hydrogen) atoms. The highest BCUT2D eigenvalue weighted by atomic mass is 32.2. The monoisotopic (exact) mass is 538 g/mol. The van der Waals surface area contributed by atoms with Crippen LogP contribution < -0.4 is 0 Å². The van der Waals surface area contributed by atoms with Crippen LogP contribution in [0.5, 0.6) is 0 Å². The van der Waals surface area contributed by atoms with Crippen LogP contribution in [0.15, 0.2) is 149 Å². The van der Waals surface area contributed by atoms with E-state index in [1.807, 2.05) is 11.8 Å². The van der Waals surface area contributed by atoms with Crippen molar-refractivity contribution in [2.24, 2.45) is 0 Å². The van der Waals surface area contributed by atoms with E-state index in [1.54, 1.807) is 0 Å². The van der Waals surface area contributed by atoms with Crippen molar-refractivity contribution in [3.05, 3.63) is 156 Å². The fourth-order valence-electron chi connectivity index (χ4n) is 7.28. The first-order chi connectivity index (χ1) is 20.2.